The summed E-state index contributed by atoms with van der Waals surface area (Å²) >= 11 is 17.3. The molecule has 1 aromatic heterocycles. The van der Waals surface area contributed by atoms with E-state index in [0.717, 1.165) is 5.56 Å². The van der Waals surface area contributed by atoms with E-state index >= 15 is 0 Å². The number of benzene rings is 1. The molecule has 2 N–H and O–H groups in total. The Morgan fingerprint density at radius 3 is 2.44 bits per heavy atom. The van der Waals surface area contributed by atoms with Crippen LogP contribution in [0, 0.1) is 0 Å². The number of halogens is 2. The Hall–Kier alpha value is -1.23. The summed E-state index contributed by atoms with van der Waals surface area (Å²) in [6.07, 6.45) is 3.21. The van der Waals surface area contributed by atoms with Crippen LogP contribution in [-0.2, 0) is 6.54 Å². The summed E-state index contributed by atoms with van der Waals surface area (Å²) < 4.78 is 5.01. The number of hydrogen-bond acceptors (Lipinski definition) is 2. The third-order valence-corrected chi connectivity index (χ3v) is 3.22. The summed E-state index contributed by atoms with van der Waals surface area (Å²) in [4.78, 5) is 1.67. The van der Waals surface area contributed by atoms with E-state index in [-0.39, 0.29) is 5.11 Å². The summed E-state index contributed by atoms with van der Waals surface area (Å²) in [6.45, 7) is 0.454. The van der Waals surface area contributed by atoms with Crippen LogP contribution < -0.4 is 10.6 Å². The molecule has 6 heteroatoms. The maximum Gasteiger partial charge on any atom is 0.171 e. The molecule has 0 aliphatic carbocycles. The minimum absolute atomic E-state index is 0.200. The van der Waals surface area contributed by atoms with Crippen molar-refractivity contribution in [3.63, 3.8) is 0 Å². The first kappa shape index (κ1) is 13.2. The van der Waals surface area contributed by atoms with Gasteiger partial charge in [0.15, 0.2) is 5.11 Å². The zero-order valence-corrected chi connectivity index (χ0v) is 11.6. The highest BCUT2D eigenvalue weighted by Crippen LogP contribution is 2.34. The van der Waals surface area contributed by atoms with Crippen LogP contribution in [0.15, 0.2) is 41.2 Å². The van der Waals surface area contributed by atoms with Gasteiger partial charge < -0.3 is 15.1 Å². The van der Waals surface area contributed by atoms with E-state index in [4.69, 9.17) is 45.6 Å². The molecular formula is C12H10Cl2N2OS. The van der Waals surface area contributed by atoms with Crippen LogP contribution in [0.1, 0.15) is 5.56 Å². The molecule has 0 spiro atoms. The van der Waals surface area contributed by atoms with Crippen LogP contribution in [-0.4, -0.2) is 5.11 Å². The fourth-order valence-electron chi connectivity index (χ4n) is 1.58. The molecule has 94 valence electrons. The van der Waals surface area contributed by atoms with Crippen LogP contribution >= 0.6 is 35.4 Å². The van der Waals surface area contributed by atoms with Crippen molar-refractivity contribution in [2.75, 3.05) is 4.90 Å². The predicted molar refractivity (Wildman–Crippen MR) is 78.1 cm³/mol. The molecule has 0 radical (unpaired) electrons. The van der Waals surface area contributed by atoms with Gasteiger partial charge in [-0.2, -0.15) is 0 Å². The van der Waals surface area contributed by atoms with Gasteiger partial charge in [0.1, 0.15) is 0 Å². The van der Waals surface area contributed by atoms with Gasteiger partial charge >= 0.3 is 0 Å². The van der Waals surface area contributed by atoms with E-state index in [1.807, 2.05) is 6.07 Å². The van der Waals surface area contributed by atoms with Crippen LogP contribution in [0.5, 0.6) is 0 Å². The normalized spacial score (nSPS) is 10.3. The van der Waals surface area contributed by atoms with Gasteiger partial charge in [0, 0.05) is 5.56 Å². The van der Waals surface area contributed by atoms with E-state index < -0.39 is 0 Å². The molecule has 2 aromatic rings. The van der Waals surface area contributed by atoms with Gasteiger partial charge in [-0.05, 0) is 30.4 Å². The first-order valence-electron chi connectivity index (χ1n) is 5.11. The summed E-state index contributed by atoms with van der Waals surface area (Å²) in [5, 5.41) is 1.20. The topological polar surface area (TPSA) is 42.4 Å². The fourth-order valence-corrected chi connectivity index (χ4v) is 2.34. The Kier molecular flexibility index (Phi) is 4.11. The first-order chi connectivity index (χ1) is 8.59. The van der Waals surface area contributed by atoms with Gasteiger partial charge in [0.25, 0.3) is 0 Å². The molecule has 1 heterocycles. The van der Waals surface area contributed by atoms with Crippen molar-refractivity contribution in [3.05, 3.63) is 52.4 Å². The van der Waals surface area contributed by atoms with E-state index in [9.17, 15) is 0 Å². The molecule has 0 atom stereocenters. The molecule has 0 amide bonds. The third kappa shape index (κ3) is 2.77. The Balaban J connectivity index is 2.39. The molecular weight excluding hydrogens is 291 g/mol. The Labute approximate surface area is 120 Å². The van der Waals surface area contributed by atoms with E-state index in [1.54, 1.807) is 35.6 Å². The number of rotatable bonds is 3. The lowest BCUT2D eigenvalue weighted by molar-refractivity contribution is 0.564. The molecule has 0 fully saturated rings. The average molecular weight is 301 g/mol. The number of para-hydroxylation sites is 1. The summed E-state index contributed by atoms with van der Waals surface area (Å²) in [7, 11) is 0. The molecule has 1 aromatic carbocycles. The van der Waals surface area contributed by atoms with Crippen LogP contribution in [0.3, 0.4) is 0 Å². The quantitative estimate of drug-likeness (QED) is 0.875. The molecule has 0 bridgehead atoms. The van der Waals surface area contributed by atoms with Crippen molar-refractivity contribution in [2.24, 2.45) is 5.73 Å². The van der Waals surface area contributed by atoms with Gasteiger partial charge in [-0.3, -0.25) is 0 Å². The number of anilines is 1. The molecule has 0 saturated carbocycles. The van der Waals surface area contributed by atoms with Crippen molar-refractivity contribution in [1.29, 1.82) is 0 Å². The lowest BCUT2D eigenvalue weighted by Crippen LogP contribution is -2.35. The zero-order chi connectivity index (χ0) is 13.1. The Morgan fingerprint density at radius 1 is 1.28 bits per heavy atom. The molecule has 0 saturated heterocycles. The van der Waals surface area contributed by atoms with Crippen molar-refractivity contribution in [1.82, 2.24) is 0 Å². The lowest BCUT2D eigenvalue weighted by Gasteiger charge is -2.24. The van der Waals surface area contributed by atoms with Crippen molar-refractivity contribution in [3.8, 4) is 0 Å². The third-order valence-electron chi connectivity index (χ3n) is 2.39. The predicted octanol–water partition coefficient (Wildman–Crippen LogP) is 3.84. The molecule has 2 rings (SSSR count). The summed E-state index contributed by atoms with van der Waals surface area (Å²) in [5.41, 5.74) is 7.27. The highest BCUT2D eigenvalue weighted by atomic mass is 35.5. The van der Waals surface area contributed by atoms with Crippen LogP contribution in [0.25, 0.3) is 0 Å². The molecule has 0 unspecified atom stereocenters. The Morgan fingerprint density at radius 2 is 1.94 bits per heavy atom. The summed E-state index contributed by atoms with van der Waals surface area (Å²) in [6, 6.07) is 7.08. The standard InChI is InChI=1S/C12H10Cl2N2OS/c13-9-2-1-3-10(14)11(9)16(12(15)18)6-8-4-5-17-7-8/h1-5,7H,6H2,(H2,15,18). The number of furan rings is 1. The highest BCUT2D eigenvalue weighted by molar-refractivity contribution is 7.80. The van der Waals surface area contributed by atoms with Crippen LogP contribution in [0.2, 0.25) is 10.0 Å². The Bertz CT molecular complexity index is 537. The zero-order valence-electron chi connectivity index (χ0n) is 9.27. The van der Waals surface area contributed by atoms with Crippen molar-refractivity contribution in [2.45, 2.75) is 6.54 Å². The number of nitrogens with zero attached hydrogens (tertiary/aromatic N) is 1. The van der Waals surface area contributed by atoms with Crippen molar-refractivity contribution >= 4 is 46.2 Å². The minimum atomic E-state index is 0.200. The van der Waals surface area contributed by atoms with Crippen LogP contribution in [0.4, 0.5) is 5.69 Å². The van der Waals surface area contributed by atoms with Gasteiger partial charge in [-0.15, -0.1) is 0 Å². The molecule has 3 nitrogen and oxygen atoms in total. The van der Waals surface area contributed by atoms with Gasteiger partial charge in [0.2, 0.25) is 0 Å². The lowest BCUT2D eigenvalue weighted by atomic mass is 10.2. The van der Waals surface area contributed by atoms with Gasteiger partial charge in [-0.25, -0.2) is 0 Å². The SMILES string of the molecule is NC(=S)N(Cc1ccoc1)c1c(Cl)cccc1Cl. The maximum atomic E-state index is 6.14. The van der Waals surface area contributed by atoms with E-state index in [0.29, 0.717) is 22.3 Å². The maximum absolute atomic E-state index is 6.14. The molecule has 0 aliphatic rings. The summed E-state index contributed by atoms with van der Waals surface area (Å²) in [5.74, 6) is 0. The second kappa shape index (κ2) is 5.61. The first-order valence-corrected chi connectivity index (χ1v) is 6.28. The monoisotopic (exact) mass is 300 g/mol. The largest absolute Gasteiger partial charge is 0.472 e. The second-order valence-corrected chi connectivity index (χ2v) is 4.86. The second-order valence-electron chi connectivity index (χ2n) is 3.63. The molecule has 18 heavy (non-hydrogen) atoms. The number of thiocarbonyl (C=S) groups is 1. The van der Waals surface area contributed by atoms with Crippen molar-refractivity contribution < 1.29 is 4.42 Å². The number of nitrogens with two attached hydrogens (primary N) is 1. The van der Waals surface area contributed by atoms with Gasteiger partial charge in [-0.1, -0.05) is 29.3 Å². The molecule has 0 aliphatic heterocycles. The average Bonchev–Trinajstić information content (AvgIpc) is 2.80. The smallest absolute Gasteiger partial charge is 0.171 e. The highest BCUT2D eigenvalue weighted by Gasteiger charge is 2.17. The van der Waals surface area contributed by atoms with Gasteiger partial charge in [0.05, 0.1) is 34.8 Å². The number of hydrogen-bond donors (Lipinski definition) is 1. The van der Waals surface area contributed by atoms with E-state index in [1.165, 1.54) is 0 Å². The fraction of sp³-hybridized carbons (Fsp3) is 0.0833. The van der Waals surface area contributed by atoms with E-state index in [2.05, 4.69) is 0 Å². The minimum Gasteiger partial charge on any atom is -0.472 e.